The normalized spacial score (nSPS) is 13.7. The van der Waals surface area contributed by atoms with E-state index in [1.165, 1.54) is 5.56 Å². The molecular weight excluding hydrogens is 224 g/mol. The molecular formula is C15H22N2O. The maximum absolute atomic E-state index is 8.83. The third-order valence-electron chi connectivity index (χ3n) is 2.82. The van der Waals surface area contributed by atoms with E-state index in [0.29, 0.717) is 0 Å². The van der Waals surface area contributed by atoms with Gasteiger partial charge in [0.25, 0.3) is 0 Å². The number of aryl methyl sites for hydroxylation is 1. The first-order valence-corrected chi connectivity index (χ1v) is 6.48. The highest BCUT2D eigenvalue weighted by atomic mass is 16.5. The van der Waals surface area contributed by atoms with E-state index < -0.39 is 6.10 Å². The molecule has 3 heteroatoms. The van der Waals surface area contributed by atoms with E-state index in [0.717, 1.165) is 24.3 Å². The topological polar surface area (TPSA) is 45.0 Å². The lowest BCUT2D eigenvalue weighted by atomic mass is 10.0. The summed E-state index contributed by atoms with van der Waals surface area (Å²) in [7, 11) is 0. The number of nitriles is 1. The van der Waals surface area contributed by atoms with Gasteiger partial charge in [0.15, 0.2) is 6.10 Å². The predicted octanol–water partition coefficient (Wildman–Crippen LogP) is 3.35. The van der Waals surface area contributed by atoms with Crippen LogP contribution in [0.3, 0.4) is 0 Å². The molecule has 0 saturated carbocycles. The molecule has 18 heavy (non-hydrogen) atoms. The Kier molecular flexibility index (Phi) is 5.67. The molecule has 0 aliphatic heterocycles. The van der Waals surface area contributed by atoms with Crippen molar-refractivity contribution in [2.45, 2.75) is 46.3 Å². The fourth-order valence-corrected chi connectivity index (χ4v) is 1.80. The summed E-state index contributed by atoms with van der Waals surface area (Å²) in [4.78, 5) is 0. The smallest absolute Gasteiger partial charge is 0.181 e. The summed E-state index contributed by atoms with van der Waals surface area (Å²) >= 11 is 0. The van der Waals surface area contributed by atoms with Crippen LogP contribution in [0.2, 0.25) is 0 Å². The Balaban J connectivity index is 2.92. The van der Waals surface area contributed by atoms with Gasteiger partial charge < -0.3 is 10.1 Å². The van der Waals surface area contributed by atoms with Crippen LogP contribution in [0.25, 0.3) is 0 Å². The largest absolute Gasteiger partial charge is 0.476 e. The molecule has 0 aromatic heterocycles. The molecule has 0 fully saturated rings. The van der Waals surface area contributed by atoms with Gasteiger partial charge in [0.2, 0.25) is 0 Å². The van der Waals surface area contributed by atoms with Gasteiger partial charge in [-0.2, -0.15) is 5.26 Å². The predicted molar refractivity (Wildman–Crippen MR) is 73.6 cm³/mol. The maximum atomic E-state index is 8.83. The first-order chi connectivity index (χ1) is 8.58. The Labute approximate surface area is 110 Å². The van der Waals surface area contributed by atoms with Crippen molar-refractivity contribution < 1.29 is 4.74 Å². The van der Waals surface area contributed by atoms with E-state index in [4.69, 9.17) is 10.00 Å². The van der Waals surface area contributed by atoms with Crippen molar-refractivity contribution in [3.8, 4) is 11.8 Å². The van der Waals surface area contributed by atoms with Gasteiger partial charge in [-0.3, -0.25) is 0 Å². The summed E-state index contributed by atoms with van der Waals surface area (Å²) in [6, 6.07) is 8.40. The highest BCUT2D eigenvalue weighted by Crippen LogP contribution is 2.27. The highest BCUT2D eigenvalue weighted by molar-refractivity contribution is 5.39. The van der Waals surface area contributed by atoms with Crippen molar-refractivity contribution >= 4 is 0 Å². The van der Waals surface area contributed by atoms with Gasteiger partial charge in [-0.05, 0) is 39.8 Å². The molecule has 0 radical (unpaired) electrons. The van der Waals surface area contributed by atoms with Crippen LogP contribution in [0.15, 0.2) is 18.2 Å². The fraction of sp³-hybridized carbons (Fsp3) is 0.533. The zero-order chi connectivity index (χ0) is 13.5. The number of hydrogen-bond donors (Lipinski definition) is 1. The van der Waals surface area contributed by atoms with Gasteiger partial charge in [0.05, 0.1) is 0 Å². The van der Waals surface area contributed by atoms with Crippen molar-refractivity contribution in [1.29, 1.82) is 5.26 Å². The zero-order valence-corrected chi connectivity index (χ0v) is 11.7. The van der Waals surface area contributed by atoms with Crippen molar-refractivity contribution in [2.24, 2.45) is 0 Å². The van der Waals surface area contributed by atoms with Crippen molar-refractivity contribution in [1.82, 2.24) is 5.32 Å². The van der Waals surface area contributed by atoms with E-state index in [9.17, 15) is 0 Å². The van der Waals surface area contributed by atoms with E-state index in [1.54, 1.807) is 6.92 Å². The van der Waals surface area contributed by atoms with Crippen molar-refractivity contribution in [2.75, 3.05) is 6.54 Å². The van der Waals surface area contributed by atoms with Gasteiger partial charge in [-0.15, -0.1) is 0 Å². The molecule has 1 aromatic rings. The van der Waals surface area contributed by atoms with Gasteiger partial charge in [0.1, 0.15) is 11.8 Å². The molecule has 1 aromatic carbocycles. The van der Waals surface area contributed by atoms with Crippen LogP contribution >= 0.6 is 0 Å². The third-order valence-corrected chi connectivity index (χ3v) is 2.82. The summed E-state index contributed by atoms with van der Waals surface area (Å²) in [6.07, 6.45) is 0.672. The molecule has 0 aliphatic rings. The quantitative estimate of drug-likeness (QED) is 0.837. The average Bonchev–Trinajstić information content (AvgIpc) is 2.37. The van der Waals surface area contributed by atoms with Crippen molar-refractivity contribution in [3.05, 3.63) is 29.3 Å². The summed E-state index contributed by atoms with van der Waals surface area (Å²) < 4.78 is 5.65. The zero-order valence-electron chi connectivity index (χ0n) is 11.7. The second kappa shape index (κ2) is 7.03. The Hall–Kier alpha value is -1.53. The standard InChI is InChI=1S/C15H22N2O/c1-5-8-17-13(4)14-9-11(2)6-7-15(14)18-12(3)10-16/h6-7,9,12-13,17H,5,8H2,1-4H3. The summed E-state index contributed by atoms with van der Waals surface area (Å²) in [5.74, 6) is 0.797. The summed E-state index contributed by atoms with van der Waals surface area (Å²) in [5.41, 5.74) is 2.32. The molecule has 1 N–H and O–H groups in total. The Bertz CT molecular complexity index is 423. The number of ether oxygens (including phenoxy) is 1. The minimum atomic E-state index is -0.426. The van der Waals surface area contributed by atoms with E-state index in [1.807, 2.05) is 12.1 Å². The van der Waals surface area contributed by atoms with E-state index in [-0.39, 0.29) is 6.04 Å². The Morgan fingerprint density at radius 1 is 1.39 bits per heavy atom. The monoisotopic (exact) mass is 246 g/mol. The molecule has 0 aliphatic carbocycles. The number of hydrogen-bond acceptors (Lipinski definition) is 3. The van der Waals surface area contributed by atoms with Crippen LogP contribution < -0.4 is 10.1 Å². The molecule has 0 saturated heterocycles. The lowest BCUT2D eigenvalue weighted by Crippen LogP contribution is -2.21. The van der Waals surface area contributed by atoms with Gasteiger partial charge in [-0.1, -0.05) is 24.6 Å². The third kappa shape index (κ3) is 4.05. The number of rotatable bonds is 6. The summed E-state index contributed by atoms with van der Waals surface area (Å²) in [5, 5.41) is 12.3. The van der Waals surface area contributed by atoms with Crippen LogP contribution in [0.4, 0.5) is 0 Å². The number of nitrogens with zero attached hydrogens (tertiary/aromatic N) is 1. The first kappa shape index (κ1) is 14.5. The van der Waals surface area contributed by atoms with Crippen LogP contribution in [0.1, 0.15) is 44.4 Å². The Morgan fingerprint density at radius 3 is 2.72 bits per heavy atom. The maximum Gasteiger partial charge on any atom is 0.181 e. The number of benzene rings is 1. The van der Waals surface area contributed by atoms with Gasteiger partial charge in [0, 0.05) is 11.6 Å². The molecule has 98 valence electrons. The average molecular weight is 246 g/mol. The van der Waals surface area contributed by atoms with Gasteiger partial charge in [-0.25, -0.2) is 0 Å². The molecule has 0 heterocycles. The second-order valence-electron chi connectivity index (χ2n) is 4.61. The Morgan fingerprint density at radius 2 is 2.11 bits per heavy atom. The molecule has 2 atom stereocenters. The lowest BCUT2D eigenvalue weighted by Gasteiger charge is -2.19. The molecule has 3 nitrogen and oxygen atoms in total. The number of nitrogens with one attached hydrogen (secondary N) is 1. The van der Waals surface area contributed by atoms with E-state index in [2.05, 4.69) is 38.2 Å². The lowest BCUT2D eigenvalue weighted by molar-refractivity contribution is 0.271. The minimum absolute atomic E-state index is 0.228. The molecule has 0 bridgehead atoms. The molecule has 1 rings (SSSR count). The van der Waals surface area contributed by atoms with Crippen LogP contribution in [0.5, 0.6) is 5.75 Å². The van der Waals surface area contributed by atoms with Crippen LogP contribution in [0, 0.1) is 18.3 Å². The van der Waals surface area contributed by atoms with Crippen LogP contribution in [-0.2, 0) is 0 Å². The fourth-order valence-electron chi connectivity index (χ4n) is 1.80. The summed E-state index contributed by atoms with van der Waals surface area (Å²) in [6.45, 7) is 9.06. The van der Waals surface area contributed by atoms with E-state index >= 15 is 0 Å². The molecule has 0 spiro atoms. The molecule has 2 unspecified atom stereocenters. The molecule has 0 amide bonds. The second-order valence-corrected chi connectivity index (χ2v) is 4.61. The SMILES string of the molecule is CCCNC(C)c1cc(C)ccc1OC(C)C#N. The van der Waals surface area contributed by atoms with Crippen molar-refractivity contribution in [3.63, 3.8) is 0 Å². The van der Waals surface area contributed by atoms with Crippen LogP contribution in [-0.4, -0.2) is 12.6 Å². The minimum Gasteiger partial charge on any atom is -0.476 e. The highest BCUT2D eigenvalue weighted by Gasteiger charge is 2.13. The van der Waals surface area contributed by atoms with Gasteiger partial charge >= 0.3 is 0 Å². The first-order valence-electron chi connectivity index (χ1n) is 6.48.